The van der Waals surface area contributed by atoms with Gasteiger partial charge in [-0.3, -0.25) is 5.32 Å². The van der Waals surface area contributed by atoms with Crippen LogP contribution < -0.4 is 16.0 Å². The second-order valence-electron chi connectivity index (χ2n) is 8.11. The van der Waals surface area contributed by atoms with Crippen LogP contribution in [0.4, 0.5) is 23.0 Å². The summed E-state index contributed by atoms with van der Waals surface area (Å²) in [6, 6.07) is -0.562. The van der Waals surface area contributed by atoms with Crippen molar-refractivity contribution < 1.29 is 22.5 Å². The van der Waals surface area contributed by atoms with Gasteiger partial charge < -0.3 is 15.2 Å². The van der Waals surface area contributed by atoms with Crippen LogP contribution in [0.3, 0.4) is 0 Å². The predicted molar refractivity (Wildman–Crippen MR) is 120 cm³/mol. The molecular formula is C21H22F3N5O2S2. The topological polar surface area (TPSA) is 92.1 Å². The third kappa shape index (κ3) is 4.38. The largest absolute Gasteiger partial charge is 0.425 e. The summed E-state index contributed by atoms with van der Waals surface area (Å²) >= 11 is 2.22. The van der Waals surface area contributed by atoms with Crippen molar-refractivity contribution in [3.63, 3.8) is 0 Å². The molecule has 33 heavy (non-hydrogen) atoms. The summed E-state index contributed by atoms with van der Waals surface area (Å²) in [6.45, 7) is 2.57. The summed E-state index contributed by atoms with van der Waals surface area (Å²) in [5.74, 6) is 0.841. The van der Waals surface area contributed by atoms with Crippen LogP contribution >= 0.6 is 22.7 Å². The Kier molecular flexibility index (Phi) is 5.91. The van der Waals surface area contributed by atoms with Gasteiger partial charge in [0.25, 0.3) is 5.89 Å². The standard InChI is InChI=1S/C21H22F3N5O2S2/c1-10-27-18(31-29-10)16-12-4-2-3-5-14(12)33-19(16)28-20(30)26-8-13-11-6-7-25-9-15(11)32-17(13)21(22,23)24/h25H,2-9H2,1H3,(H2,26,28,30). The lowest BCUT2D eigenvalue weighted by atomic mass is 9.95. The Bertz CT molecular complexity index is 1200. The van der Waals surface area contributed by atoms with E-state index in [1.165, 1.54) is 16.2 Å². The maximum Gasteiger partial charge on any atom is 0.425 e. The SMILES string of the molecule is Cc1noc(-c2c(NC(=O)NCc3c(C(F)(F)F)sc4c3CCNC4)sc3c2CCCC3)n1. The zero-order valence-corrected chi connectivity index (χ0v) is 19.5. The molecule has 5 rings (SSSR count). The van der Waals surface area contributed by atoms with E-state index in [2.05, 4.69) is 26.1 Å². The Labute approximate surface area is 195 Å². The van der Waals surface area contributed by atoms with E-state index >= 15 is 0 Å². The number of aromatic nitrogens is 2. The second kappa shape index (κ2) is 8.73. The van der Waals surface area contributed by atoms with Gasteiger partial charge in [-0.05, 0) is 62.3 Å². The van der Waals surface area contributed by atoms with E-state index in [0.29, 0.717) is 46.7 Å². The van der Waals surface area contributed by atoms with Crippen molar-refractivity contribution in [2.45, 2.75) is 58.3 Å². The number of rotatable bonds is 4. The molecule has 1 aliphatic carbocycles. The van der Waals surface area contributed by atoms with Gasteiger partial charge in [-0.1, -0.05) is 5.16 Å². The van der Waals surface area contributed by atoms with E-state index < -0.39 is 17.1 Å². The molecule has 0 atom stereocenters. The van der Waals surface area contributed by atoms with Crippen LogP contribution in [0.15, 0.2) is 4.52 Å². The molecule has 0 spiro atoms. The molecule has 0 saturated carbocycles. The number of carbonyl (C=O) groups excluding carboxylic acids is 1. The first kappa shape index (κ1) is 22.4. The molecule has 12 heteroatoms. The second-order valence-corrected chi connectivity index (χ2v) is 10.3. The number of urea groups is 1. The maximum absolute atomic E-state index is 13.6. The average Bonchev–Trinajstić information content (AvgIpc) is 3.46. The summed E-state index contributed by atoms with van der Waals surface area (Å²) in [5.41, 5.74) is 2.68. The molecule has 0 saturated heterocycles. The molecule has 176 valence electrons. The molecule has 1 aliphatic heterocycles. The number of alkyl halides is 3. The minimum Gasteiger partial charge on any atom is -0.334 e. The van der Waals surface area contributed by atoms with Crippen LogP contribution in [-0.4, -0.2) is 22.7 Å². The number of hydrogen-bond donors (Lipinski definition) is 3. The van der Waals surface area contributed by atoms with Gasteiger partial charge in [0, 0.05) is 22.8 Å². The summed E-state index contributed by atoms with van der Waals surface area (Å²) in [5, 5.41) is 13.0. The zero-order chi connectivity index (χ0) is 23.2. The van der Waals surface area contributed by atoms with Crippen LogP contribution in [0.2, 0.25) is 0 Å². The lowest BCUT2D eigenvalue weighted by molar-refractivity contribution is -0.135. The monoisotopic (exact) mass is 497 g/mol. The Hall–Kier alpha value is -2.44. The maximum atomic E-state index is 13.6. The molecule has 0 fully saturated rings. The molecule has 0 radical (unpaired) electrons. The zero-order valence-electron chi connectivity index (χ0n) is 17.8. The molecule has 3 aromatic heterocycles. The Morgan fingerprint density at radius 1 is 1.15 bits per heavy atom. The van der Waals surface area contributed by atoms with Gasteiger partial charge in [-0.15, -0.1) is 22.7 Å². The number of carbonyl (C=O) groups is 1. The molecule has 2 amide bonds. The summed E-state index contributed by atoms with van der Waals surface area (Å²) in [7, 11) is 0. The highest BCUT2D eigenvalue weighted by molar-refractivity contribution is 7.17. The molecular weight excluding hydrogens is 475 g/mol. The van der Waals surface area contributed by atoms with Crippen LogP contribution in [0, 0.1) is 6.92 Å². The van der Waals surface area contributed by atoms with Crippen molar-refractivity contribution in [3.05, 3.63) is 37.1 Å². The molecule has 0 unspecified atom stereocenters. The Morgan fingerprint density at radius 2 is 1.97 bits per heavy atom. The van der Waals surface area contributed by atoms with E-state index in [1.807, 2.05) is 0 Å². The highest BCUT2D eigenvalue weighted by atomic mass is 32.1. The van der Waals surface area contributed by atoms with E-state index in [-0.39, 0.29) is 12.1 Å². The minimum atomic E-state index is -4.45. The van der Waals surface area contributed by atoms with Crippen LogP contribution in [-0.2, 0) is 38.5 Å². The van der Waals surface area contributed by atoms with E-state index in [0.717, 1.165) is 48.1 Å². The first-order chi connectivity index (χ1) is 15.8. The third-order valence-corrected chi connectivity index (χ3v) is 8.39. The van der Waals surface area contributed by atoms with Gasteiger partial charge in [0.2, 0.25) is 0 Å². The quantitative estimate of drug-likeness (QED) is 0.470. The van der Waals surface area contributed by atoms with Gasteiger partial charge in [0.1, 0.15) is 9.88 Å². The number of thiophene rings is 2. The van der Waals surface area contributed by atoms with Gasteiger partial charge in [0.05, 0.1) is 5.56 Å². The number of nitrogens with one attached hydrogen (secondary N) is 3. The Balaban J connectivity index is 1.38. The van der Waals surface area contributed by atoms with E-state index in [9.17, 15) is 18.0 Å². The number of fused-ring (bicyclic) bond motifs is 2. The van der Waals surface area contributed by atoms with Gasteiger partial charge in [0.15, 0.2) is 5.82 Å². The van der Waals surface area contributed by atoms with Crippen molar-refractivity contribution in [3.8, 4) is 11.5 Å². The third-order valence-electron chi connectivity index (χ3n) is 5.86. The summed E-state index contributed by atoms with van der Waals surface area (Å²) < 4.78 is 46.2. The highest BCUT2D eigenvalue weighted by Crippen LogP contribution is 2.44. The number of aryl methyl sites for hydroxylation is 2. The van der Waals surface area contributed by atoms with Crippen molar-refractivity contribution in [2.75, 3.05) is 11.9 Å². The predicted octanol–water partition coefficient (Wildman–Crippen LogP) is 5.03. The number of amides is 2. The lowest BCUT2D eigenvalue weighted by Gasteiger charge is -2.15. The summed E-state index contributed by atoms with van der Waals surface area (Å²) in [6.07, 6.45) is -0.0683. The molecule has 4 heterocycles. The van der Waals surface area contributed by atoms with Crippen molar-refractivity contribution >= 4 is 33.7 Å². The highest BCUT2D eigenvalue weighted by Gasteiger charge is 2.38. The Morgan fingerprint density at radius 3 is 2.73 bits per heavy atom. The molecule has 2 aliphatic rings. The van der Waals surface area contributed by atoms with Gasteiger partial charge in [-0.2, -0.15) is 18.2 Å². The first-order valence-corrected chi connectivity index (χ1v) is 12.4. The number of nitrogens with zero attached hydrogens (tertiary/aromatic N) is 2. The first-order valence-electron chi connectivity index (χ1n) is 10.7. The smallest absolute Gasteiger partial charge is 0.334 e. The molecule has 0 bridgehead atoms. The molecule has 3 aromatic rings. The van der Waals surface area contributed by atoms with E-state index in [4.69, 9.17) is 4.52 Å². The average molecular weight is 498 g/mol. The lowest BCUT2D eigenvalue weighted by Crippen LogP contribution is -2.30. The van der Waals surface area contributed by atoms with Crippen LogP contribution in [0.1, 0.15) is 50.0 Å². The van der Waals surface area contributed by atoms with Gasteiger partial charge in [-0.25, -0.2) is 4.79 Å². The molecule has 3 N–H and O–H groups in total. The van der Waals surface area contributed by atoms with Crippen molar-refractivity contribution in [1.82, 2.24) is 20.8 Å². The van der Waals surface area contributed by atoms with E-state index in [1.54, 1.807) is 6.92 Å². The number of halogens is 3. The van der Waals surface area contributed by atoms with Crippen LogP contribution in [0.25, 0.3) is 11.5 Å². The fourth-order valence-corrected chi connectivity index (χ4v) is 6.89. The van der Waals surface area contributed by atoms with Gasteiger partial charge >= 0.3 is 12.2 Å². The molecule has 7 nitrogen and oxygen atoms in total. The normalized spacial score (nSPS) is 15.8. The van der Waals surface area contributed by atoms with Crippen molar-refractivity contribution in [2.24, 2.45) is 0 Å². The minimum absolute atomic E-state index is 0.164. The van der Waals surface area contributed by atoms with Crippen molar-refractivity contribution in [1.29, 1.82) is 0 Å². The fourth-order valence-electron chi connectivity index (χ4n) is 4.41. The fraction of sp³-hybridized carbons (Fsp3) is 0.476. The molecule has 0 aromatic carbocycles. The number of hydrogen-bond acceptors (Lipinski definition) is 7. The summed E-state index contributed by atoms with van der Waals surface area (Å²) in [4.78, 5) is 18.3. The van der Waals surface area contributed by atoms with Crippen LogP contribution in [0.5, 0.6) is 0 Å². The number of anilines is 1.